The summed E-state index contributed by atoms with van der Waals surface area (Å²) < 4.78 is 5.58. The summed E-state index contributed by atoms with van der Waals surface area (Å²) in [6.45, 7) is 7.31. The van der Waals surface area contributed by atoms with Crippen LogP contribution in [-0.2, 0) is 10.2 Å². The third kappa shape index (κ3) is 3.27. The predicted octanol–water partition coefficient (Wildman–Crippen LogP) is 3.89. The molecule has 0 aromatic heterocycles. The molecule has 1 saturated heterocycles. The zero-order valence-corrected chi connectivity index (χ0v) is 15.3. The number of morpholine rings is 1. The molecule has 23 heavy (non-hydrogen) atoms. The van der Waals surface area contributed by atoms with Crippen molar-refractivity contribution in [3.8, 4) is 0 Å². The highest BCUT2D eigenvalue weighted by atomic mass is 35.5. The third-order valence-electron chi connectivity index (χ3n) is 5.59. The Kier molecular flexibility index (Phi) is 4.97. The quantitative estimate of drug-likeness (QED) is 0.887. The molecule has 2 aliphatic rings. The van der Waals surface area contributed by atoms with Crippen molar-refractivity contribution in [1.82, 2.24) is 4.90 Å². The monoisotopic (exact) mass is 357 g/mol. The van der Waals surface area contributed by atoms with Crippen LogP contribution >= 0.6 is 23.2 Å². The van der Waals surface area contributed by atoms with E-state index in [0.717, 1.165) is 38.0 Å². The van der Waals surface area contributed by atoms with Crippen LogP contribution in [0.5, 0.6) is 0 Å². The van der Waals surface area contributed by atoms with Crippen LogP contribution in [0.15, 0.2) is 18.2 Å². The second kappa shape index (κ2) is 6.53. The summed E-state index contributed by atoms with van der Waals surface area (Å²) >= 11 is 12.3. The average molecular weight is 358 g/mol. The third-order valence-corrected chi connectivity index (χ3v) is 6.33. The smallest absolute Gasteiger partial charge is 0.0763 e. The molecule has 1 N–H and O–H groups in total. The Hall–Kier alpha value is -0.320. The van der Waals surface area contributed by atoms with Gasteiger partial charge in [0.15, 0.2) is 0 Å². The van der Waals surface area contributed by atoms with Gasteiger partial charge in [-0.2, -0.15) is 0 Å². The minimum Gasteiger partial charge on any atom is -0.391 e. The highest BCUT2D eigenvalue weighted by Gasteiger charge is 2.46. The molecule has 1 aliphatic heterocycles. The van der Waals surface area contributed by atoms with E-state index in [2.05, 4.69) is 18.7 Å². The van der Waals surface area contributed by atoms with E-state index in [1.165, 1.54) is 0 Å². The fraction of sp³-hybridized carbons (Fsp3) is 0.667. The largest absolute Gasteiger partial charge is 0.391 e. The Bertz CT molecular complexity index is 572. The van der Waals surface area contributed by atoms with Gasteiger partial charge in [-0.1, -0.05) is 35.7 Å². The van der Waals surface area contributed by atoms with Crippen molar-refractivity contribution in [2.24, 2.45) is 0 Å². The van der Waals surface area contributed by atoms with E-state index in [1.54, 1.807) is 0 Å². The molecule has 1 aromatic carbocycles. The van der Waals surface area contributed by atoms with E-state index < -0.39 is 6.10 Å². The lowest BCUT2D eigenvalue weighted by Crippen LogP contribution is -2.59. The maximum Gasteiger partial charge on any atom is 0.0763 e. The lowest BCUT2D eigenvalue weighted by atomic mass is 9.61. The summed E-state index contributed by atoms with van der Waals surface area (Å²) in [7, 11) is 0. The molecule has 0 radical (unpaired) electrons. The maximum absolute atomic E-state index is 11.1. The number of β-amino-alcohol motifs (C(OH)–C–C–N with tert-alkyl or cyclic N) is 1. The van der Waals surface area contributed by atoms with E-state index in [1.807, 2.05) is 18.2 Å². The first-order chi connectivity index (χ1) is 10.8. The SMILES string of the molecule is CC1(C)COCCN1CC(O)C1(c2ccc(Cl)c(Cl)c2)CCC1. The molecule has 1 unspecified atom stereocenters. The molecule has 128 valence electrons. The number of aliphatic hydroxyl groups excluding tert-OH is 1. The average Bonchev–Trinajstić information content (AvgIpc) is 2.44. The maximum atomic E-state index is 11.1. The van der Waals surface area contributed by atoms with Gasteiger partial charge < -0.3 is 9.84 Å². The Morgan fingerprint density at radius 2 is 2.00 bits per heavy atom. The van der Waals surface area contributed by atoms with E-state index >= 15 is 0 Å². The minimum absolute atomic E-state index is 0.0399. The Balaban J connectivity index is 1.80. The Morgan fingerprint density at radius 1 is 1.26 bits per heavy atom. The number of benzene rings is 1. The summed E-state index contributed by atoms with van der Waals surface area (Å²) in [5.74, 6) is 0. The van der Waals surface area contributed by atoms with Crippen LogP contribution in [0.25, 0.3) is 0 Å². The number of hydrogen-bond acceptors (Lipinski definition) is 3. The summed E-state index contributed by atoms with van der Waals surface area (Å²) in [5.41, 5.74) is 0.876. The van der Waals surface area contributed by atoms with Crippen LogP contribution in [0.3, 0.4) is 0 Å². The van der Waals surface area contributed by atoms with Gasteiger partial charge in [-0.15, -0.1) is 0 Å². The van der Waals surface area contributed by atoms with Crippen molar-refractivity contribution < 1.29 is 9.84 Å². The van der Waals surface area contributed by atoms with Gasteiger partial charge in [-0.3, -0.25) is 4.90 Å². The van der Waals surface area contributed by atoms with Crippen molar-refractivity contribution in [3.05, 3.63) is 33.8 Å². The molecule has 1 aromatic rings. The van der Waals surface area contributed by atoms with E-state index in [-0.39, 0.29) is 11.0 Å². The number of hydrogen-bond donors (Lipinski definition) is 1. The molecule has 1 aliphatic carbocycles. The highest BCUT2D eigenvalue weighted by Crippen LogP contribution is 2.48. The summed E-state index contributed by atoms with van der Waals surface area (Å²) in [4.78, 5) is 2.35. The summed E-state index contributed by atoms with van der Waals surface area (Å²) in [6, 6.07) is 5.78. The van der Waals surface area contributed by atoms with Crippen molar-refractivity contribution in [2.45, 2.75) is 50.2 Å². The highest BCUT2D eigenvalue weighted by molar-refractivity contribution is 6.42. The summed E-state index contributed by atoms with van der Waals surface area (Å²) in [6.07, 6.45) is 2.73. The first kappa shape index (κ1) is 17.5. The topological polar surface area (TPSA) is 32.7 Å². The van der Waals surface area contributed by atoms with Gasteiger partial charge in [-0.25, -0.2) is 0 Å². The molecule has 0 amide bonds. The Morgan fingerprint density at radius 3 is 2.57 bits per heavy atom. The van der Waals surface area contributed by atoms with Crippen LogP contribution in [0.2, 0.25) is 10.0 Å². The van der Waals surface area contributed by atoms with Crippen molar-refractivity contribution in [2.75, 3.05) is 26.3 Å². The van der Waals surface area contributed by atoms with Gasteiger partial charge in [0.2, 0.25) is 0 Å². The van der Waals surface area contributed by atoms with Crippen molar-refractivity contribution >= 4 is 23.2 Å². The summed E-state index contributed by atoms with van der Waals surface area (Å²) in [5, 5.41) is 12.2. The Labute approximate surface area is 148 Å². The molecule has 3 rings (SSSR count). The van der Waals surface area contributed by atoms with E-state index in [9.17, 15) is 5.11 Å². The number of aliphatic hydroxyl groups is 1. The number of halogens is 2. The first-order valence-electron chi connectivity index (χ1n) is 8.32. The second-order valence-electron chi connectivity index (χ2n) is 7.47. The van der Waals surface area contributed by atoms with E-state index in [4.69, 9.17) is 27.9 Å². The van der Waals surface area contributed by atoms with Crippen LogP contribution in [0, 0.1) is 0 Å². The number of nitrogens with zero attached hydrogens (tertiary/aromatic N) is 1. The lowest BCUT2D eigenvalue weighted by Gasteiger charge is -2.50. The minimum atomic E-state index is -0.411. The van der Waals surface area contributed by atoms with Gasteiger partial charge in [-0.05, 0) is 44.4 Å². The van der Waals surface area contributed by atoms with Crippen LogP contribution in [0.4, 0.5) is 0 Å². The molecule has 0 spiro atoms. The number of ether oxygens (including phenoxy) is 1. The van der Waals surface area contributed by atoms with Gasteiger partial charge in [0.05, 0.1) is 29.4 Å². The van der Waals surface area contributed by atoms with Crippen LogP contribution in [0.1, 0.15) is 38.7 Å². The molecule has 1 heterocycles. The predicted molar refractivity (Wildman–Crippen MR) is 94.5 cm³/mol. The van der Waals surface area contributed by atoms with Gasteiger partial charge in [0.25, 0.3) is 0 Å². The zero-order valence-electron chi connectivity index (χ0n) is 13.8. The normalized spacial score (nSPS) is 24.9. The van der Waals surface area contributed by atoms with Crippen molar-refractivity contribution in [1.29, 1.82) is 0 Å². The van der Waals surface area contributed by atoms with Crippen molar-refractivity contribution in [3.63, 3.8) is 0 Å². The molecular weight excluding hydrogens is 333 g/mol. The fourth-order valence-electron chi connectivity index (χ4n) is 3.79. The lowest BCUT2D eigenvalue weighted by molar-refractivity contribution is -0.0843. The molecule has 3 nitrogen and oxygen atoms in total. The molecule has 1 atom stereocenters. The number of rotatable bonds is 4. The van der Waals surface area contributed by atoms with E-state index in [0.29, 0.717) is 23.2 Å². The molecule has 0 bridgehead atoms. The fourth-order valence-corrected chi connectivity index (χ4v) is 4.09. The zero-order chi connectivity index (χ0) is 16.7. The molecule has 5 heteroatoms. The van der Waals surface area contributed by atoms with Crippen LogP contribution in [-0.4, -0.2) is 48.0 Å². The van der Waals surface area contributed by atoms with Gasteiger partial charge in [0.1, 0.15) is 0 Å². The van der Waals surface area contributed by atoms with Gasteiger partial charge >= 0.3 is 0 Å². The first-order valence-corrected chi connectivity index (χ1v) is 9.07. The molecule has 1 saturated carbocycles. The second-order valence-corrected chi connectivity index (χ2v) is 8.28. The standard InChI is InChI=1S/C18H25Cl2NO2/c1-17(2)12-23-9-8-21(17)11-16(22)18(6-3-7-18)13-4-5-14(19)15(20)10-13/h4-5,10,16,22H,3,6-9,11-12H2,1-2H3. The van der Waals surface area contributed by atoms with Gasteiger partial charge in [0, 0.05) is 24.0 Å². The molecule has 2 fully saturated rings. The molecular formula is C18H25Cl2NO2. The van der Waals surface area contributed by atoms with Crippen LogP contribution < -0.4 is 0 Å².